The minimum Gasteiger partial charge on any atom is -0.496 e. The van der Waals surface area contributed by atoms with E-state index in [1.807, 2.05) is 0 Å². The van der Waals surface area contributed by atoms with E-state index in [-0.39, 0.29) is 0 Å². The Morgan fingerprint density at radius 3 is 1.50 bits per heavy atom. The van der Waals surface area contributed by atoms with Crippen molar-refractivity contribution < 1.29 is 9.47 Å². The monoisotopic (exact) mass is 322 g/mol. The van der Waals surface area contributed by atoms with Crippen molar-refractivity contribution in [1.82, 2.24) is 0 Å². The number of hydrogen-bond donors (Lipinski definition) is 0. The van der Waals surface area contributed by atoms with Gasteiger partial charge in [0.1, 0.15) is 11.5 Å². The summed E-state index contributed by atoms with van der Waals surface area (Å²) in [6, 6.07) is 12.9. The first kappa shape index (κ1) is 16.6. The maximum atomic E-state index is 5.52. The van der Waals surface area contributed by atoms with E-state index in [2.05, 4.69) is 48.6 Å². The van der Waals surface area contributed by atoms with Gasteiger partial charge in [0.15, 0.2) is 0 Å². The normalized spacial score (nSPS) is 16.1. The van der Waals surface area contributed by atoms with E-state index in [9.17, 15) is 0 Å². The van der Waals surface area contributed by atoms with Gasteiger partial charge in [-0.25, -0.2) is 0 Å². The van der Waals surface area contributed by atoms with Crippen molar-refractivity contribution in [1.29, 1.82) is 0 Å². The molecule has 2 aromatic rings. The van der Waals surface area contributed by atoms with E-state index >= 15 is 0 Å². The number of hydrogen-bond acceptors (Lipinski definition) is 2. The van der Waals surface area contributed by atoms with E-state index in [1.165, 1.54) is 47.9 Å². The lowest BCUT2D eigenvalue weighted by molar-refractivity contribution is 0.407. The fourth-order valence-corrected chi connectivity index (χ4v) is 3.37. The molecule has 0 saturated carbocycles. The molecule has 0 N–H and O–H groups in total. The van der Waals surface area contributed by atoms with Crippen molar-refractivity contribution in [3.63, 3.8) is 0 Å². The van der Waals surface area contributed by atoms with Crippen molar-refractivity contribution in [2.24, 2.45) is 0 Å². The zero-order chi connectivity index (χ0) is 16.8. The van der Waals surface area contributed by atoms with Crippen LogP contribution in [0, 0.1) is 0 Å². The Labute approximate surface area is 145 Å². The number of fused-ring (bicyclic) bond motifs is 4. The molecule has 126 valence electrons. The topological polar surface area (TPSA) is 18.5 Å². The molecule has 0 aliphatic heterocycles. The van der Waals surface area contributed by atoms with Crippen molar-refractivity contribution in [3.8, 4) is 11.5 Å². The zero-order valence-corrected chi connectivity index (χ0v) is 14.7. The van der Waals surface area contributed by atoms with Gasteiger partial charge in [-0.2, -0.15) is 0 Å². The van der Waals surface area contributed by atoms with Crippen LogP contribution in [0.15, 0.2) is 36.4 Å². The molecule has 0 amide bonds. The lowest BCUT2D eigenvalue weighted by atomic mass is 9.98. The molecule has 3 rings (SSSR count). The van der Waals surface area contributed by atoms with Gasteiger partial charge in [0.25, 0.3) is 0 Å². The minimum absolute atomic E-state index is 1.01. The van der Waals surface area contributed by atoms with Crippen molar-refractivity contribution in [2.75, 3.05) is 14.2 Å². The molecule has 0 unspecified atom stereocenters. The molecule has 24 heavy (non-hydrogen) atoms. The van der Waals surface area contributed by atoms with Crippen molar-refractivity contribution in [2.45, 2.75) is 38.5 Å². The van der Waals surface area contributed by atoms with Gasteiger partial charge in [0, 0.05) is 0 Å². The number of benzene rings is 2. The summed E-state index contributed by atoms with van der Waals surface area (Å²) in [4.78, 5) is 0. The molecule has 2 nitrogen and oxygen atoms in total. The van der Waals surface area contributed by atoms with Crippen LogP contribution in [-0.4, -0.2) is 14.2 Å². The Morgan fingerprint density at radius 2 is 1.08 bits per heavy atom. The second-order valence-corrected chi connectivity index (χ2v) is 6.39. The highest BCUT2D eigenvalue weighted by Crippen LogP contribution is 2.26. The van der Waals surface area contributed by atoms with E-state index in [0.717, 1.165) is 24.3 Å². The van der Waals surface area contributed by atoms with Gasteiger partial charge in [-0.1, -0.05) is 37.1 Å². The molecule has 1 aliphatic rings. The zero-order valence-electron chi connectivity index (χ0n) is 14.7. The van der Waals surface area contributed by atoms with Gasteiger partial charge in [-0.15, -0.1) is 0 Å². The number of ether oxygens (including phenoxy) is 2. The SMILES string of the molecule is COc1ccc2cc1CCCCCCc1cc(ccc1OC)/C=C\2. The Morgan fingerprint density at radius 1 is 0.625 bits per heavy atom. The molecule has 0 heterocycles. The van der Waals surface area contributed by atoms with Gasteiger partial charge in [-0.05, 0) is 72.2 Å². The largest absolute Gasteiger partial charge is 0.496 e. The molecule has 4 bridgehead atoms. The van der Waals surface area contributed by atoms with Crippen molar-refractivity contribution >= 4 is 12.2 Å². The smallest absolute Gasteiger partial charge is 0.122 e. The summed E-state index contributed by atoms with van der Waals surface area (Å²) in [6.07, 6.45) is 11.5. The predicted molar refractivity (Wildman–Crippen MR) is 101 cm³/mol. The molecule has 0 saturated heterocycles. The third-order valence-electron chi connectivity index (χ3n) is 4.72. The van der Waals surface area contributed by atoms with E-state index in [0.29, 0.717) is 0 Å². The summed E-state index contributed by atoms with van der Waals surface area (Å²) in [5.74, 6) is 2.01. The van der Waals surface area contributed by atoms with Crippen LogP contribution < -0.4 is 9.47 Å². The molecule has 0 aromatic heterocycles. The summed E-state index contributed by atoms with van der Waals surface area (Å²) in [6.45, 7) is 0. The van der Waals surface area contributed by atoms with E-state index in [4.69, 9.17) is 9.47 Å². The predicted octanol–water partition coefficient (Wildman–Crippen LogP) is 5.53. The lowest BCUT2D eigenvalue weighted by Crippen LogP contribution is -1.96. The first-order chi connectivity index (χ1) is 11.8. The Bertz CT molecular complexity index is 654. The summed E-state index contributed by atoms with van der Waals surface area (Å²) in [5.41, 5.74) is 5.07. The maximum Gasteiger partial charge on any atom is 0.122 e. The first-order valence-corrected chi connectivity index (χ1v) is 8.82. The van der Waals surface area contributed by atoms with Gasteiger partial charge < -0.3 is 9.47 Å². The second kappa shape index (κ2) is 8.05. The lowest BCUT2D eigenvalue weighted by Gasteiger charge is -2.12. The summed E-state index contributed by atoms with van der Waals surface area (Å²) >= 11 is 0. The molecule has 0 radical (unpaired) electrons. The van der Waals surface area contributed by atoms with Gasteiger partial charge in [0.2, 0.25) is 0 Å². The fraction of sp³-hybridized carbons (Fsp3) is 0.364. The van der Waals surface area contributed by atoms with Crippen LogP contribution >= 0.6 is 0 Å². The minimum atomic E-state index is 1.01. The average Bonchev–Trinajstić information content (AvgIpc) is 2.62. The van der Waals surface area contributed by atoms with E-state index in [1.54, 1.807) is 14.2 Å². The van der Waals surface area contributed by atoms with Crippen molar-refractivity contribution in [3.05, 3.63) is 58.7 Å². The molecule has 2 heteroatoms. The quantitative estimate of drug-likeness (QED) is 0.723. The van der Waals surface area contributed by atoms with Crippen LogP contribution in [0.4, 0.5) is 0 Å². The highest BCUT2D eigenvalue weighted by molar-refractivity contribution is 5.71. The van der Waals surface area contributed by atoms with Gasteiger partial charge in [-0.3, -0.25) is 0 Å². The average molecular weight is 322 g/mol. The fourth-order valence-electron chi connectivity index (χ4n) is 3.37. The molecule has 2 aromatic carbocycles. The molecule has 0 atom stereocenters. The Hall–Kier alpha value is -2.22. The van der Waals surface area contributed by atoms with Crippen LogP contribution in [-0.2, 0) is 12.8 Å². The van der Waals surface area contributed by atoms with Crippen LogP contribution in [0.3, 0.4) is 0 Å². The Balaban J connectivity index is 1.95. The summed E-state index contributed by atoms with van der Waals surface area (Å²) in [7, 11) is 3.51. The number of rotatable bonds is 2. The standard InChI is InChI=1S/C22H26O2/c1-23-21-13-11-17-9-10-18-12-14-22(24-2)20(16-18)8-6-4-3-5-7-19(21)15-17/h9-16H,3-8H2,1-2H3/b10-9-. The summed E-state index contributed by atoms with van der Waals surface area (Å²) < 4.78 is 11.0. The maximum absolute atomic E-state index is 5.52. The highest BCUT2D eigenvalue weighted by atomic mass is 16.5. The number of methoxy groups -OCH3 is 2. The Kier molecular flexibility index (Phi) is 5.58. The first-order valence-electron chi connectivity index (χ1n) is 8.82. The molecular weight excluding hydrogens is 296 g/mol. The number of aryl methyl sites for hydroxylation is 2. The molecule has 1 aliphatic carbocycles. The van der Waals surface area contributed by atoms with Crippen LogP contribution in [0.5, 0.6) is 11.5 Å². The van der Waals surface area contributed by atoms with Crippen LogP contribution in [0.25, 0.3) is 12.2 Å². The third-order valence-corrected chi connectivity index (χ3v) is 4.72. The molecule has 0 fully saturated rings. The van der Waals surface area contributed by atoms with Gasteiger partial charge >= 0.3 is 0 Å². The van der Waals surface area contributed by atoms with Gasteiger partial charge in [0.05, 0.1) is 14.2 Å². The second-order valence-electron chi connectivity index (χ2n) is 6.39. The molecular formula is C22H26O2. The van der Waals surface area contributed by atoms with Crippen LogP contribution in [0.1, 0.15) is 47.9 Å². The van der Waals surface area contributed by atoms with E-state index < -0.39 is 0 Å². The summed E-state index contributed by atoms with van der Waals surface area (Å²) in [5, 5.41) is 0. The molecule has 0 spiro atoms. The highest BCUT2D eigenvalue weighted by Gasteiger charge is 2.07. The van der Waals surface area contributed by atoms with Crippen LogP contribution in [0.2, 0.25) is 0 Å². The third kappa shape index (κ3) is 4.00.